The van der Waals surface area contributed by atoms with Gasteiger partial charge in [0.1, 0.15) is 6.54 Å². The van der Waals surface area contributed by atoms with Crippen molar-refractivity contribution in [1.82, 2.24) is 9.47 Å². The van der Waals surface area contributed by atoms with E-state index in [1.54, 1.807) is 7.11 Å². The summed E-state index contributed by atoms with van der Waals surface area (Å²) in [6, 6.07) is 3.69. The molecule has 7 nitrogen and oxygen atoms in total. The van der Waals surface area contributed by atoms with E-state index in [9.17, 15) is 14.4 Å². The Morgan fingerprint density at radius 1 is 1.31 bits per heavy atom. The van der Waals surface area contributed by atoms with E-state index in [0.717, 1.165) is 20.7 Å². The van der Waals surface area contributed by atoms with Crippen LogP contribution in [-0.2, 0) is 25.7 Å². The van der Waals surface area contributed by atoms with Crippen molar-refractivity contribution in [2.24, 2.45) is 4.99 Å². The molecular weight excluding hydrogens is 378 g/mol. The van der Waals surface area contributed by atoms with Gasteiger partial charge < -0.3 is 9.30 Å². The Hall–Kier alpha value is -2.03. The summed E-state index contributed by atoms with van der Waals surface area (Å²) in [4.78, 5) is 41.3. The number of hydrogen-bond acceptors (Lipinski definition) is 5. The maximum Gasteiger partial charge on any atom is 0.268 e. The van der Waals surface area contributed by atoms with Crippen LogP contribution in [0.1, 0.15) is 18.4 Å². The summed E-state index contributed by atoms with van der Waals surface area (Å²) in [5, 5.41) is 0.632. The third-order valence-corrected chi connectivity index (χ3v) is 5.67. The number of aryl methyl sites for hydroxylation is 1. The molecule has 1 saturated heterocycles. The Labute approximate surface area is 158 Å². The average molecular weight is 396 g/mol. The van der Waals surface area contributed by atoms with Crippen LogP contribution in [-0.4, -0.2) is 47.4 Å². The first-order chi connectivity index (χ1) is 12.4. The zero-order valence-corrected chi connectivity index (χ0v) is 16.0. The number of thiazole rings is 1. The number of halogens is 1. The first-order valence-corrected chi connectivity index (χ1v) is 9.30. The van der Waals surface area contributed by atoms with Gasteiger partial charge in [0, 0.05) is 31.5 Å². The predicted molar refractivity (Wildman–Crippen MR) is 98.0 cm³/mol. The highest BCUT2D eigenvalue weighted by molar-refractivity contribution is 7.16. The molecule has 3 amide bonds. The topological polar surface area (TPSA) is 81.0 Å². The van der Waals surface area contributed by atoms with E-state index in [4.69, 9.17) is 16.3 Å². The first kappa shape index (κ1) is 18.8. The van der Waals surface area contributed by atoms with Crippen LogP contribution in [0.25, 0.3) is 10.2 Å². The largest absolute Gasteiger partial charge is 0.383 e. The summed E-state index contributed by atoms with van der Waals surface area (Å²) in [6.07, 6.45) is 0.307. The van der Waals surface area contributed by atoms with Crippen LogP contribution in [0.4, 0.5) is 0 Å². The lowest BCUT2D eigenvalue weighted by Crippen LogP contribution is -2.34. The summed E-state index contributed by atoms with van der Waals surface area (Å²) in [5.74, 6) is -1.19. The van der Waals surface area contributed by atoms with Crippen LogP contribution in [0.3, 0.4) is 0 Å². The first-order valence-electron chi connectivity index (χ1n) is 8.10. The number of rotatable bonds is 5. The Kier molecular flexibility index (Phi) is 5.55. The lowest BCUT2D eigenvalue weighted by Gasteiger charge is -2.10. The molecule has 9 heteroatoms. The van der Waals surface area contributed by atoms with Crippen LogP contribution in [0.2, 0.25) is 5.02 Å². The van der Waals surface area contributed by atoms with E-state index in [0.29, 0.717) is 23.0 Å². The fourth-order valence-corrected chi connectivity index (χ4v) is 4.15. The molecule has 0 saturated carbocycles. The Morgan fingerprint density at radius 2 is 2.00 bits per heavy atom. The fraction of sp³-hybridized carbons (Fsp3) is 0.412. The van der Waals surface area contributed by atoms with Crippen LogP contribution in [0.5, 0.6) is 0 Å². The van der Waals surface area contributed by atoms with Crippen molar-refractivity contribution >= 4 is 50.9 Å². The number of amides is 3. The second-order valence-corrected chi connectivity index (χ2v) is 7.34. The molecule has 0 bridgehead atoms. The number of carbonyl (C=O) groups excluding carboxylic acids is 3. The molecule has 0 spiro atoms. The maximum absolute atomic E-state index is 12.3. The molecule has 1 aliphatic heterocycles. The number of aromatic nitrogens is 1. The molecule has 138 valence electrons. The molecule has 2 aromatic rings. The van der Waals surface area contributed by atoms with Crippen molar-refractivity contribution in [2.45, 2.75) is 26.3 Å². The Balaban J connectivity index is 2.01. The van der Waals surface area contributed by atoms with Gasteiger partial charge in [0.15, 0.2) is 4.80 Å². The lowest BCUT2D eigenvalue weighted by atomic mass is 10.2. The smallest absolute Gasteiger partial charge is 0.268 e. The number of imide groups is 1. The van der Waals surface area contributed by atoms with E-state index >= 15 is 0 Å². The van der Waals surface area contributed by atoms with Gasteiger partial charge in [-0.05, 0) is 24.6 Å². The maximum atomic E-state index is 12.3. The summed E-state index contributed by atoms with van der Waals surface area (Å²) in [5.41, 5.74) is 1.80. The zero-order valence-electron chi connectivity index (χ0n) is 14.5. The molecule has 0 aliphatic carbocycles. The number of benzene rings is 1. The molecule has 0 N–H and O–H groups in total. The summed E-state index contributed by atoms with van der Waals surface area (Å²) in [7, 11) is 1.60. The number of likely N-dealkylation sites (tertiary alicyclic amines) is 1. The number of carbonyl (C=O) groups is 3. The van der Waals surface area contributed by atoms with Crippen molar-refractivity contribution in [3.8, 4) is 0 Å². The van der Waals surface area contributed by atoms with Gasteiger partial charge in [-0.15, -0.1) is 0 Å². The van der Waals surface area contributed by atoms with E-state index in [1.165, 1.54) is 11.3 Å². The summed E-state index contributed by atoms with van der Waals surface area (Å²) in [6.45, 7) is 2.54. The number of hydrogen-bond donors (Lipinski definition) is 0. The molecule has 3 rings (SSSR count). The Bertz CT molecular complexity index is 947. The standard InChI is InChI=1S/C17H18ClN3O4S/c1-10-11(18)3-4-12-16(10)20(7-8-25-2)17(26-12)19-13(22)9-21-14(23)5-6-15(21)24/h3-4H,5-9H2,1-2H3. The summed E-state index contributed by atoms with van der Waals surface area (Å²) >= 11 is 7.59. The van der Waals surface area contributed by atoms with Crippen molar-refractivity contribution in [1.29, 1.82) is 0 Å². The predicted octanol–water partition coefficient (Wildman–Crippen LogP) is 1.89. The van der Waals surface area contributed by atoms with Gasteiger partial charge in [0.2, 0.25) is 11.8 Å². The van der Waals surface area contributed by atoms with E-state index in [1.807, 2.05) is 23.6 Å². The molecular formula is C17H18ClN3O4S. The molecule has 1 aromatic heterocycles. The van der Waals surface area contributed by atoms with Gasteiger partial charge in [-0.2, -0.15) is 4.99 Å². The highest BCUT2D eigenvalue weighted by Crippen LogP contribution is 2.27. The third kappa shape index (κ3) is 3.58. The number of nitrogens with zero attached hydrogens (tertiary/aromatic N) is 3. The normalized spacial score (nSPS) is 15.5. The molecule has 2 heterocycles. The molecule has 26 heavy (non-hydrogen) atoms. The van der Waals surface area contributed by atoms with Crippen LogP contribution >= 0.6 is 22.9 Å². The number of fused-ring (bicyclic) bond motifs is 1. The van der Waals surface area contributed by atoms with Crippen molar-refractivity contribution < 1.29 is 19.1 Å². The molecule has 1 aliphatic rings. The second-order valence-electron chi connectivity index (χ2n) is 5.93. The molecule has 1 fully saturated rings. The fourth-order valence-electron chi connectivity index (χ4n) is 2.87. The zero-order chi connectivity index (χ0) is 18.8. The van der Waals surface area contributed by atoms with Gasteiger partial charge >= 0.3 is 0 Å². The minimum absolute atomic E-state index is 0.153. The van der Waals surface area contributed by atoms with Gasteiger partial charge in [0.05, 0.1) is 16.8 Å². The van der Waals surface area contributed by atoms with E-state index in [2.05, 4.69) is 4.99 Å². The lowest BCUT2D eigenvalue weighted by molar-refractivity contribution is -0.141. The van der Waals surface area contributed by atoms with Gasteiger partial charge in [-0.3, -0.25) is 19.3 Å². The minimum atomic E-state index is -0.532. The minimum Gasteiger partial charge on any atom is -0.383 e. The SMILES string of the molecule is COCCn1c(=NC(=O)CN2C(=O)CCC2=O)sc2ccc(Cl)c(C)c21. The summed E-state index contributed by atoms with van der Waals surface area (Å²) < 4.78 is 7.99. The van der Waals surface area contributed by atoms with Gasteiger partial charge in [0.25, 0.3) is 5.91 Å². The van der Waals surface area contributed by atoms with Crippen LogP contribution in [0.15, 0.2) is 17.1 Å². The van der Waals surface area contributed by atoms with Crippen LogP contribution in [0, 0.1) is 6.92 Å². The van der Waals surface area contributed by atoms with E-state index < -0.39 is 5.91 Å². The van der Waals surface area contributed by atoms with Gasteiger partial charge in [-0.25, -0.2) is 0 Å². The van der Waals surface area contributed by atoms with Crippen molar-refractivity contribution in [3.63, 3.8) is 0 Å². The Morgan fingerprint density at radius 3 is 2.65 bits per heavy atom. The average Bonchev–Trinajstić information content (AvgIpc) is 3.11. The van der Waals surface area contributed by atoms with Crippen molar-refractivity contribution in [3.05, 3.63) is 27.5 Å². The molecule has 0 radical (unpaired) electrons. The molecule has 1 aromatic carbocycles. The number of methoxy groups -OCH3 is 1. The van der Waals surface area contributed by atoms with E-state index in [-0.39, 0.29) is 31.2 Å². The highest BCUT2D eigenvalue weighted by Gasteiger charge is 2.30. The third-order valence-electron chi connectivity index (χ3n) is 4.22. The highest BCUT2D eigenvalue weighted by atomic mass is 35.5. The van der Waals surface area contributed by atoms with Crippen LogP contribution < -0.4 is 4.80 Å². The molecule has 0 unspecified atom stereocenters. The molecule has 0 atom stereocenters. The quantitative estimate of drug-likeness (QED) is 0.724. The van der Waals surface area contributed by atoms with Gasteiger partial charge in [-0.1, -0.05) is 22.9 Å². The monoisotopic (exact) mass is 395 g/mol. The second kappa shape index (κ2) is 7.69. The van der Waals surface area contributed by atoms with Crippen molar-refractivity contribution in [2.75, 3.05) is 20.3 Å². The number of ether oxygens (including phenoxy) is 1.